The van der Waals surface area contributed by atoms with Gasteiger partial charge in [-0.3, -0.25) is 0 Å². The first-order valence-corrected chi connectivity index (χ1v) is 5.60. The fraction of sp³-hybridized carbons (Fsp3) is 0.0833. The van der Waals surface area contributed by atoms with Gasteiger partial charge in [-0.2, -0.15) is 0 Å². The molecular weight excluding hydrogens is 271 g/mol. The van der Waals surface area contributed by atoms with E-state index >= 15 is 0 Å². The number of aryl methyl sites for hydroxylation is 1. The molecule has 2 aromatic rings. The number of hydrogen-bond acceptors (Lipinski definition) is 2. The van der Waals surface area contributed by atoms with Gasteiger partial charge in [0.2, 0.25) is 0 Å². The van der Waals surface area contributed by atoms with Crippen LogP contribution in [0.1, 0.15) is 5.56 Å². The van der Waals surface area contributed by atoms with Crippen LogP contribution in [0.25, 0.3) is 0 Å². The third-order valence-corrected chi connectivity index (χ3v) is 3.19. The molecule has 1 heterocycles. The molecule has 0 amide bonds. The summed E-state index contributed by atoms with van der Waals surface area (Å²) in [5, 5.41) is 3.12. The van der Waals surface area contributed by atoms with Gasteiger partial charge in [0.15, 0.2) is 0 Å². The highest BCUT2D eigenvalue weighted by atomic mass is 79.9. The average molecular weight is 281 g/mol. The van der Waals surface area contributed by atoms with Crippen LogP contribution in [0, 0.1) is 12.7 Å². The lowest BCUT2D eigenvalue weighted by Crippen LogP contribution is -1.95. The summed E-state index contributed by atoms with van der Waals surface area (Å²) in [7, 11) is 0. The molecule has 0 aliphatic rings. The second-order valence-electron chi connectivity index (χ2n) is 3.42. The van der Waals surface area contributed by atoms with Crippen LogP contribution < -0.4 is 5.32 Å². The van der Waals surface area contributed by atoms with E-state index in [1.54, 1.807) is 18.3 Å². The van der Waals surface area contributed by atoms with Crippen LogP contribution in [0.2, 0.25) is 0 Å². The van der Waals surface area contributed by atoms with Crippen LogP contribution in [0.5, 0.6) is 0 Å². The molecule has 0 saturated carbocycles. The summed E-state index contributed by atoms with van der Waals surface area (Å²) in [6, 6.07) is 8.08. The number of aromatic nitrogens is 1. The molecule has 16 heavy (non-hydrogen) atoms. The van der Waals surface area contributed by atoms with Gasteiger partial charge in [-0.1, -0.05) is 0 Å². The molecule has 0 spiro atoms. The summed E-state index contributed by atoms with van der Waals surface area (Å²) >= 11 is 3.45. The highest BCUT2D eigenvalue weighted by molar-refractivity contribution is 9.10. The maximum Gasteiger partial charge on any atom is 0.144 e. The van der Waals surface area contributed by atoms with E-state index in [0.717, 1.165) is 21.5 Å². The van der Waals surface area contributed by atoms with Gasteiger partial charge in [-0.15, -0.1) is 0 Å². The first-order valence-electron chi connectivity index (χ1n) is 4.80. The second kappa shape index (κ2) is 4.61. The van der Waals surface area contributed by atoms with E-state index in [4.69, 9.17) is 0 Å². The van der Waals surface area contributed by atoms with Gasteiger partial charge in [0.25, 0.3) is 0 Å². The Bertz CT molecular complexity index is 497. The van der Waals surface area contributed by atoms with Gasteiger partial charge in [-0.05, 0) is 58.7 Å². The summed E-state index contributed by atoms with van der Waals surface area (Å²) in [6.07, 6.45) is 1.73. The molecule has 82 valence electrons. The summed E-state index contributed by atoms with van der Waals surface area (Å²) in [4.78, 5) is 4.21. The topological polar surface area (TPSA) is 24.9 Å². The van der Waals surface area contributed by atoms with E-state index in [0.29, 0.717) is 0 Å². The van der Waals surface area contributed by atoms with Gasteiger partial charge < -0.3 is 5.32 Å². The summed E-state index contributed by atoms with van der Waals surface area (Å²) in [5.74, 6) is 0.480. The zero-order valence-corrected chi connectivity index (χ0v) is 10.3. The second-order valence-corrected chi connectivity index (χ2v) is 4.22. The summed E-state index contributed by atoms with van der Waals surface area (Å²) in [5.41, 5.74) is 1.90. The van der Waals surface area contributed by atoms with Crippen molar-refractivity contribution in [3.8, 4) is 0 Å². The monoisotopic (exact) mass is 280 g/mol. The maximum atomic E-state index is 12.7. The molecule has 0 atom stereocenters. The van der Waals surface area contributed by atoms with Crippen LogP contribution in [0.4, 0.5) is 15.9 Å². The molecule has 0 radical (unpaired) electrons. The summed E-state index contributed by atoms with van der Waals surface area (Å²) < 4.78 is 13.6. The van der Waals surface area contributed by atoms with Crippen molar-refractivity contribution >= 4 is 27.4 Å². The zero-order valence-electron chi connectivity index (χ0n) is 8.67. The van der Waals surface area contributed by atoms with Crippen LogP contribution in [-0.2, 0) is 0 Å². The Hall–Kier alpha value is -1.42. The zero-order chi connectivity index (χ0) is 11.5. The third kappa shape index (κ3) is 2.39. The average Bonchev–Trinajstić information content (AvgIpc) is 2.28. The Morgan fingerprint density at radius 3 is 2.56 bits per heavy atom. The normalized spacial score (nSPS) is 10.2. The fourth-order valence-corrected chi connectivity index (χ4v) is 1.63. The predicted octanol–water partition coefficient (Wildman–Crippen LogP) is 4.04. The molecule has 1 N–H and O–H groups in total. The van der Waals surface area contributed by atoms with Gasteiger partial charge in [0.1, 0.15) is 11.6 Å². The number of anilines is 2. The quantitative estimate of drug-likeness (QED) is 0.898. The van der Waals surface area contributed by atoms with E-state index in [9.17, 15) is 4.39 Å². The molecule has 4 heteroatoms. The molecule has 0 aliphatic carbocycles. The molecule has 1 aromatic carbocycles. The Labute approximate surface area is 102 Å². The minimum Gasteiger partial charge on any atom is -0.339 e. The van der Waals surface area contributed by atoms with Crippen molar-refractivity contribution in [2.45, 2.75) is 6.92 Å². The Balaban J connectivity index is 2.27. The lowest BCUT2D eigenvalue weighted by atomic mass is 10.3. The molecule has 0 aliphatic heterocycles. The van der Waals surface area contributed by atoms with Crippen LogP contribution in [0.15, 0.2) is 41.0 Å². The first-order chi connectivity index (χ1) is 7.66. The van der Waals surface area contributed by atoms with Crippen molar-refractivity contribution in [1.82, 2.24) is 4.98 Å². The van der Waals surface area contributed by atoms with Crippen molar-refractivity contribution in [3.63, 3.8) is 0 Å². The molecule has 2 rings (SSSR count). The van der Waals surface area contributed by atoms with Crippen LogP contribution in [-0.4, -0.2) is 4.98 Å². The van der Waals surface area contributed by atoms with Crippen LogP contribution in [0.3, 0.4) is 0 Å². The Morgan fingerprint density at radius 2 is 1.88 bits per heavy atom. The number of nitrogens with one attached hydrogen (secondary N) is 1. The van der Waals surface area contributed by atoms with Gasteiger partial charge in [0, 0.05) is 11.9 Å². The van der Waals surface area contributed by atoms with Gasteiger partial charge in [-0.25, -0.2) is 9.37 Å². The maximum absolute atomic E-state index is 12.7. The SMILES string of the molecule is Cc1ccnc(Nc2ccc(F)cc2)c1Br. The molecular formula is C12H10BrFN2. The highest BCUT2D eigenvalue weighted by Crippen LogP contribution is 2.26. The number of nitrogens with zero attached hydrogens (tertiary/aromatic N) is 1. The van der Waals surface area contributed by atoms with Crippen molar-refractivity contribution in [2.75, 3.05) is 5.32 Å². The fourth-order valence-electron chi connectivity index (χ4n) is 1.30. The largest absolute Gasteiger partial charge is 0.339 e. The lowest BCUT2D eigenvalue weighted by Gasteiger charge is -2.08. The highest BCUT2D eigenvalue weighted by Gasteiger charge is 2.03. The third-order valence-electron chi connectivity index (χ3n) is 2.19. The predicted molar refractivity (Wildman–Crippen MR) is 66.4 cm³/mol. The molecule has 0 fully saturated rings. The number of rotatable bonds is 2. The van der Waals surface area contributed by atoms with E-state index in [1.807, 2.05) is 13.0 Å². The molecule has 2 nitrogen and oxygen atoms in total. The number of hydrogen-bond donors (Lipinski definition) is 1. The van der Waals surface area contributed by atoms with Crippen molar-refractivity contribution in [3.05, 3.63) is 52.4 Å². The molecule has 1 aromatic heterocycles. The number of pyridine rings is 1. The minimum absolute atomic E-state index is 0.248. The van der Waals surface area contributed by atoms with Gasteiger partial charge >= 0.3 is 0 Å². The standard InChI is InChI=1S/C12H10BrFN2/c1-8-6-7-15-12(11(8)13)16-10-4-2-9(14)3-5-10/h2-7H,1H3,(H,15,16). The van der Waals surface area contributed by atoms with E-state index < -0.39 is 0 Å². The first kappa shape index (κ1) is 11.1. The van der Waals surface area contributed by atoms with Crippen molar-refractivity contribution < 1.29 is 4.39 Å². The lowest BCUT2D eigenvalue weighted by molar-refractivity contribution is 0.628. The van der Waals surface area contributed by atoms with Crippen LogP contribution >= 0.6 is 15.9 Å². The molecule has 0 saturated heterocycles. The smallest absolute Gasteiger partial charge is 0.144 e. The number of benzene rings is 1. The number of halogens is 2. The molecule has 0 bridgehead atoms. The summed E-state index contributed by atoms with van der Waals surface area (Å²) in [6.45, 7) is 1.99. The Morgan fingerprint density at radius 1 is 1.19 bits per heavy atom. The van der Waals surface area contributed by atoms with Gasteiger partial charge in [0.05, 0.1) is 4.47 Å². The van der Waals surface area contributed by atoms with E-state index in [1.165, 1.54) is 12.1 Å². The molecule has 0 unspecified atom stereocenters. The van der Waals surface area contributed by atoms with E-state index in [2.05, 4.69) is 26.2 Å². The van der Waals surface area contributed by atoms with Crippen molar-refractivity contribution in [2.24, 2.45) is 0 Å². The minimum atomic E-state index is -0.248. The Kier molecular flexibility index (Phi) is 3.19. The van der Waals surface area contributed by atoms with E-state index in [-0.39, 0.29) is 5.82 Å². The van der Waals surface area contributed by atoms with Crippen molar-refractivity contribution in [1.29, 1.82) is 0 Å².